The molecule has 2 N–H and O–H groups in total. The molecule has 0 unspecified atom stereocenters. The number of aliphatic hydroxyl groups is 1. The normalized spacial score (nSPS) is 13.8. The van der Waals surface area contributed by atoms with Gasteiger partial charge in [-0.05, 0) is 56.7 Å². The second-order valence-electron chi connectivity index (χ2n) is 8.18. The maximum atomic E-state index is 13.6. The van der Waals surface area contributed by atoms with Gasteiger partial charge in [0, 0.05) is 23.0 Å². The van der Waals surface area contributed by atoms with E-state index in [9.17, 15) is 36.5 Å². The van der Waals surface area contributed by atoms with E-state index in [0.717, 1.165) is 26.2 Å². The topological polar surface area (TPSA) is 131 Å². The van der Waals surface area contributed by atoms with Crippen molar-refractivity contribution in [2.24, 2.45) is 4.36 Å². The Kier molecular flexibility index (Phi) is 8.17. The Morgan fingerprint density at radius 3 is 2.47 bits per heavy atom. The first kappa shape index (κ1) is 28.7. The van der Waals surface area contributed by atoms with Crippen LogP contribution in [-0.2, 0) is 20.7 Å². The van der Waals surface area contributed by atoms with Gasteiger partial charge < -0.3 is 15.2 Å². The Bertz CT molecular complexity index is 1530. The fraction of sp³-hybridized carbons (Fsp3) is 0.250. The van der Waals surface area contributed by atoms with Crippen LogP contribution in [0.3, 0.4) is 0 Å². The molecule has 0 spiro atoms. The Balaban J connectivity index is 2.05. The lowest BCUT2D eigenvalue weighted by atomic mass is 10.0. The summed E-state index contributed by atoms with van der Waals surface area (Å²) in [4.78, 5) is 32.3. The number of hydrogen-bond acceptors (Lipinski definition) is 7. The zero-order valence-corrected chi connectivity index (χ0v) is 21.3. The van der Waals surface area contributed by atoms with Crippen LogP contribution in [0.1, 0.15) is 34.1 Å². The maximum Gasteiger partial charge on any atom is 0.418 e. The number of amides is 2. The number of carbonyl (C=O) groups excluding carboxylic acids is 2. The molecule has 2 amide bonds. The van der Waals surface area contributed by atoms with E-state index in [1.807, 2.05) is 0 Å². The summed E-state index contributed by atoms with van der Waals surface area (Å²) in [7, 11) is -3.33. The van der Waals surface area contributed by atoms with Gasteiger partial charge in [-0.25, -0.2) is 14.2 Å². The van der Waals surface area contributed by atoms with Crippen LogP contribution in [0.2, 0.25) is 0 Å². The number of hydrogen-bond donors (Lipinski definition) is 2. The third-order valence-corrected chi connectivity index (χ3v) is 6.85. The van der Waals surface area contributed by atoms with Crippen LogP contribution in [0.15, 0.2) is 51.9 Å². The predicted molar refractivity (Wildman–Crippen MR) is 129 cm³/mol. The number of aliphatic hydroxyl groups excluding tert-OH is 1. The quantitative estimate of drug-likeness (QED) is 0.335. The van der Waals surface area contributed by atoms with Crippen molar-refractivity contribution in [3.8, 4) is 11.6 Å². The summed E-state index contributed by atoms with van der Waals surface area (Å²) in [6.07, 6.45) is -4.64. The van der Waals surface area contributed by atoms with Crippen LogP contribution < -0.4 is 10.1 Å². The van der Waals surface area contributed by atoms with Crippen LogP contribution in [-0.4, -0.2) is 43.5 Å². The summed E-state index contributed by atoms with van der Waals surface area (Å²) >= 11 is 0. The molecule has 0 aliphatic carbocycles. The Labute approximate surface area is 215 Å². The highest BCUT2D eigenvalue weighted by molar-refractivity contribution is 7.93. The molecule has 0 saturated heterocycles. The number of aromatic nitrogens is 2. The molecule has 1 aromatic carbocycles. The predicted octanol–water partition coefficient (Wildman–Crippen LogP) is 4.66. The van der Waals surface area contributed by atoms with Gasteiger partial charge in [-0.2, -0.15) is 21.9 Å². The highest BCUT2D eigenvalue weighted by atomic mass is 32.2. The van der Waals surface area contributed by atoms with E-state index in [0.29, 0.717) is 6.20 Å². The molecule has 0 fully saturated rings. The number of ether oxygens (including phenoxy) is 1. The Morgan fingerprint density at radius 1 is 1.18 bits per heavy atom. The highest BCUT2D eigenvalue weighted by Crippen LogP contribution is 2.37. The molecule has 2 atom stereocenters. The molecule has 9 nitrogen and oxygen atoms in total. The lowest BCUT2D eigenvalue weighted by molar-refractivity contribution is -0.138. The van der Waals surface area contributed by atoms with Crippen molar-refractivity contribution < 1.29 is 41.2 Å². The van der Waals surface area contributed by atoms with E-state index in [4.69, 9.17) is 4.74 Å². The van der Waals surface area contributed by atoms with Crippen LogP contribution >= 0.6 is 0 Å². The molecule has 0 aliphatic heterocycles. The first-order valence-electron chi connectivity index (χ1n) is 10.8. The molecule has 0 saturated carbocycles. The molecule has 2 aromatic heterocycles. The van der Waals surface area contributed by atoms with Gasteiger partial charge in [0.05, 0.1) is 21.0 Å². The summed E-state index contributed by atoms with van der Waals surface area (Å²) < 4.78 is 76.1. The largest absolute Gasteiger partial charge is 0.436 e. The number of alkyl halides is 3. The first-order valence-corrected chi connectivity index (χ1v) is 12.8. The number of benzene rings is 1. The van der Waals surface area contributed by atoms with Crippen LogP contribution in [0.5, 0.6) is 11.6 Å². The third kappa shape index (κ3) is 6.50. The van der Waals surface area contributed by atoms with Crippen molar-refractivity contribution in [2.75, 3.05) is 11.6 Å². The number of anilines is 1. The van der Waals surface area contributed by atoms with Crippen molar-refractivity contribution in [1.29, 1.82) is 0 Å². The zero-order valence-electron chi connectivity index (χ0n) is 20.5. The van der Waals surface area contributed by atoms with Crippen LogP contribution in [0, 0.1) is 19.8 Å². The molecule has 3 rings (SSSR count). The van der Waals surface area contributed by atoms with Crippen molar-refractivity contribution in [1.82, 2.24) is 9.97 Å². The van der Waals surface area contributed by atoms with Crippen molar-refractivity contribution in [3.05, 3.63) is 70.9 Å². The van der Waals surface area contributed by atoms with Gasteiger partial charge in [-0.1, -0.05) is 6.07 Å². The van der Waals surface area contributed by atoms with Gasteiger partial charge in [0.15, 0.2) is 5.75 Å². The maximum absolute atomic E-state index is 13.6. The number of carbonyl (C=O) groups is 2. The summed E-state index contributed by atoms with van der Waals surface area (Å²) in [6.45, 7) is 3.63. The summed E-state index contributed by atoms with van der Waals surface area (Å²) in [5, 5.41) is 11.8. The minimum atomic E-state index is -4.83. The summed E-state index contributed by atoms with van der Waals surface area (Å²) in [5.74, 6) is -3.38. The molecule has 3 aromatic rings. The molecule has 0 aliphatic rings. The Morgan fingerprint density at radius 2 is 1.87 bits per heavy atom. The average molecular weight is 555 g/mol. The molecule has 0 bridgehead atoms. The van der Waals surface area contributed by atoms with Gasteiger partial charge >= 0.3 is 6.18 Å². The molecular weight excluding hydrogens is 532 g/mol. The van der Waals surface area contributed by atoms with E-state index in [-0.39, 0.29) is 22.0 Å². The van der Waals surface area contributed by atoms with Crippen molar-refractivity contribution in [2.45, 2.75) is 37.9 Å². The van der Waals surface area contributed by atoms with E-state index in [1.54, 1.807) is 0 Å². The fourth-order valence-corrected chi connectivity index (χ4v) is 4.52. The fourth-order valence-electron chi connectivity index (χ4n) is 3.24. The number of halogens is 4. The van der Waals surface area contributed by atoms with Gasteiger partial charge in [0.25, 0.3) is 11.8 Å². The van der Waals surface area contributed by atoms with Crippen molar-refractivity contribution >= 4 is 27.2 Å². The number of nitrogens with zero attached hydrogens (tertiary/aromatic N) is 3. The third-order valence-electron chi connectivity index (χ3n) is 5.20. The van der Waals surface area contributed by atoms with Crippen LogP contribution in [0.4, 0.5) is 23.2 Å². The molecule has 38 heavy (non-hydrogen) atoms. The minimum absolute atomic E-state index is 0.0177. The summed E-state index contributed by atoms with van der Waals surface area (Å²) in [5.41, 5.74) is -2.13. The van der Waals surface area contributed by atoms with Gasteiger partial charge in [0.2, 0.25) is 11.8 Å². The number of rotatable bonds is 6. The molecule has 0 radical (unpaired) electrons. The highest BCUT2D eigenvalue weighted by Gasteiger charge is 2.36. The smallest absolute Gasteiger partial charge is 0.418 e. The van der Waals surface area contributed by atoms with Crippen LogP contribution in [0.25, 0.3) is 0 Å². The van der Waals surface area contributed by atoms with Gasteiger partial charge in [-0.15, -0.1) is 0 Å². The lowest BCUT2D eigenvalue weighted by Gasteiger charge is -2.17. The minimum Gasteiger partial charge on any atom is -0.436 e. The van der Waals surface area contributed by atoms with Crippen molar-refractivity contribution in [3.63, 3.8) is 0 Å². The summed E-state index contributed by atoms with van der Waals surface area (Å²) in [6, 6.07) is 7.52. The van der Waals surface area contributed by atoms with Gasteiger partial charge in [-0.3, -0.25) is 9.59 Å². The first-order chi connectivity index (χ1) is 17.6. The van der Waals surface area contributed by atoms with Gasteiger partial charge in [0.1, 0.15) is 11.7 Å². The number of pyridine rings is 2. The standard InChI is InChI=1S/C24H22F4N4O5S/c1-12-17(24(26,27)28)11-29-23(37-18-8-9-19(25)30-13(18)2)20(12)22(35)31-15-6-5-7-16(10-15)38(4,36)32-21(34)14(3)33/h5-11,14,33H,1-4H3,(H,31,35)/t14-,38+/m0/s1. The molecular formula is C24H22F4N4O5S. The Hall–Kier alpha value is -3.91. The monoisotopic (exact) mass is 554 g/mol. The lowest BCUT2D eigenvalue weighted by Crippen LogP contribution is -2.19. The van der Waals surface area contributed by atoms with E-state index >= 15 is 0 Å². The molecule has 2 heterocycles. The second kappa shape index (κ2) is 10.8. The molecule has 202 valence electrons. The van der Waals surface area contributed by atoms with E-state index in [2.05, 4.69) is 19.6 Å². The molecule has 14 heteroatoms. The van der Waals surface area contributed by atoms with E-state index < -0.39 is 62.3 Å². The average Bonchev–Trinajstić information content (AvgIpc) is 2.80. The van der Waals surface area contributed by atoms with E-state index in [1.165, 1.54) is 37.3 Å². The number of nitrogens with one attached hydrogen (secondary N) is 1. The second-order valence-corrected chi connectivity index (χ2v) is 10.4. The SMILES string of the molecule is Cc1nc(F)ccc1Oc1ncc(C(F)(F)F)c(C)c1C(=O)Nc1cccc([S@@](C)(=O)=NC(=O)[C@H](C)O)c1. The zero-order chi connectivity index (χ0) is 28.4. The number of aryl methyl sites for hydroxylation is 1.